The molecule has 0 amide bonds. The topological polar surface area (TPSA) is 19.7 Å². The second-order valence-corrected chi connectivity index (χ2v) is 36.8. The van der Waals surface area contributed by atoms with E-state index in [9.17, 15) is 0 Å². The Bertz CT molecular complexity index is 7580. The van der Waals surface area contributed by atoms with Crippen LogP contribution in [0.15, 0.2) is 461 Å². The normalized spacial score (nSPS) is 12.8. The zero-order valence-electron chi connectivity index (χ0n) is 70.0. The molecule has 0 unspecified atom stereocenters. The van der Waals surface area contributed by atoms with E-state index < -0.39 is 40.3 Å². The van der Waals surface area contributed by atoms with Crippen molar-refractivity contribution < 1.29 is 11.0 Å². The SMILES string of the molecule is [2H]c1c([2H])c([2H])c2c(c1[2H])c1c([2H])c([2H])c([2H])c([2H])c1n2-c1ccccc1-c1ccc2c(c1)c1ccccc1n2-c1cccc([Si](c2ccccc2)(c2ccccc2)c2ccccc2)c1.c1ccc(-n2c3ccccc3c3cc(-c4ccc5c(c4)c4ccccc4n5-c4cccc([Si](c5ccccc5)(c5ccccc5)c5ccccc5)c4)ccc32)cc1. The number of hydrogen-bond donors (Lipinski definition) is 0. The fourth-order valence-corrected chi connectivity index (χ4v) is 27.9. The number of aromatic nitrogens is 4. The summed E-state index contributed by atoms with van der Waals surface area (Å²) in [6.07, 6.45) is 0. The van der Waals surface area contributed by atoms with Crippen molar-refractivity contribution in [3.05, 3.63) is 461 Å². The quantitative estimate of drug-likeness (QED) is 0.0764. The third-order valence-electron chi connectivity index (χ3n) is 23.2. The molecule has 6 heteroatoms. The third kappa shape index (κ3) is 11.1. The Kier molecular flexibility index (Phi) is 14.9. The summed E-state index contributed by atoms with van der Waals surface area (Å²) in [7, 11) is -5.55. The van der Waals surface area contributed by atoms with Crippen molar-refractivity contribution in [1.29, 1.82) is 0 Å². The lowest BCUT2D eigenvalue weighted by molar-refractivity contribution is 1.18. The molecule has 0 aliphatic heterocycles. The Hall–Kier alpha value is -14.4. The van der Waals surface area contributed by atoms with Crippen LogP contribution in [0.1, 0.15) is 11.0 Å². The van der Waals surface area contributed by atoms with Crippen LogP contribution < -0.4 is 41.5 Å². The summed E-state index contributed by atoms with van der Waals surface area (Å²) in [5.41, 5.74) is 14.9. The Morgan fingerprint density at radius 3 is 0.842 bits per heavy atom. The van der Waals surface area contributed by atoms with Gasteiger partial charge in [-0.25, -0.2) is 0 Å². The molecule has 0 saturated heterocycles. The van der Waals surface area contributed by atoms with Crippen molar-refractivity contribution in [3.63, 3.8) is 0 Å². The Labute approximate surface area is 675 Å². The molecule has 0 N–H and O–H groups in total. The van der Waals surface area contributed by atoms with Gasteiger partial charge in [0.1, 0.15) is 0 Å². The van der Waals surface area contributed by atoms with Gasteiger partial charge >= 0.3 is 0 Å². The number of benzene rings is 18. The van der Waals surface area contributed by atoms with Gasteiger partial charge in [-0.05, 0) is 167 Å². The van der Waals surface area contributed by atoms with Crippen LogP contribution in [0.3, 0.4) is 0 Å². The molecule has 0 fully saturated rings. The molecule has 0 atom stereocenters. The van der Waals surface area contributed by atoms with Gasteiger partial charge < -0.3 is 18.3 Å². The summed E-state index contributed by atoms with van der Waals surface area (Å²) < 4.78 is 79.3. The maximum absolute atomic E-state index is 9.13. The maximum Gasteiger partial charge on any atom is 0.179 e. The average molecular weight is 1490 g/mol. The van der Waals surface area contributed by atoms with E-state index in [1.54, 1.807) is 4.57 Å². The van der Waals surface area contributed by atoms with Gasteiger partial charge in [-0.1, -0.05) is 352 Å². The zero-order chi connectivity index (χ0) is 82.5. The van der Waals surface area contributed by atoms with Crippen LogP contribution in [0, 0.1) is 0 Å². The molecule has 0 aliphatic rings. The highest BCUT2D eigenvalue weighted by Gasteiger charge is 2.43. The summed E-state index contributed by atoms with van der Waals surface area (Å²) in [6, 6.07) is 146. The highest BCUT2D eigenvalue weighted by molar-refractivity contribution is 7.20. The largest absolute Gasteiger partial charge is 0.309 e. The summed E-state index contributed by atoms with van der Waals surface area (Å²) in [6.45, 7) is 0. The van der Waals surface area contributed by atoms with Crippen LogP contribution >= 0.6 is 0 Å². The number of rotatable bonds is 14. The van der Waals surface area contributed by atoms with Crippen molar-refractivity contribution in [2.75, 3.05) is 0 Å². The van der Waals surface area contributed by atoms with E-state index in [1.165, 1.54) is 108 Å². The molecular formula is C108H76N4Si2. The van der Waals surface area contributed by atoms with Gasteiger partial charge in [0, 0.05) is 65.7 Å². The summed E-state index contributed by atoms with van der Waals surface area (Å²) in [4.78, 5) is 0. The van der Waals surface area contributed by atoms with Gasteiger partial charge in [0.05, 0.1) is 60.8 Å². The van der Waals surface area contributed by atoms with Crippen LogP contribution in [0.2, 0.25) is 0 Å². The lowest BCUT2D eigenvalue weighted by atomic mass is 10.0. The van der Waals surface area contributed by atoms with Crippen LogP contribution in [-0.4, -0.2) is 34.4 Å². The van der Waals surface area contributed by atoms with Crippen molar-refractivity contribution in [2.24, 2.45) is 0 Å². The first-order valence-corrected chi connectivity index (χ1v) is 42.7. The molecule has 0 saturated carbocycles. The van der Waals surface area contributed by atoms with Crippen molar-refractivity contribution in [2.45, 2.75) is 0 Å². The molecular weight excluding hydrogens is 1410 g/mol. The molecule has 4 aromatic heterocycles. The van der Waals surface area contributed by atoms with Crippen LogP contribution in [0.5, 0.6) is 0 Å². The predicted octanol–water partition coefficient (Wildman–Crippen LogP) is 21.9. The minimum atomic E-state index is -2.84. The fourth-order valence-electron chi connectivity index (χ4n) is 18.3. The summed E-state index contributed by atoms with van der Waals surface area (Å²) in [5.74, 6) is 0. The van der Waals surface area contributed by atoms with Crippen LogP contribution in [0.25, 0.3) is 132 Å². The number of fused-ring (bicyclic) bond motifs is 12. The molecule has 0 bridgehead atoms. The first-order valence-electron chi connectivity index (χ1n) is 42.7. The first kappa shape index (κ1) is 59.5. The number of nitrogens with zero attached hydrogens (tertiary/aromatic N) is 4. The molecule has 114 heavy (non-hydrogen) atoms. The van der Waals surface area contributed by atoms with E-state index in [2.05, 4.69) is 396 Å². The highest BCUT2D eigenvalue weighted by Crippen LogP contribution is 2.42. The van der Waals surface area contributed by atoms with E-state index in [-0.39, 0.29) is 46.0 Å². The number of hydrogen-bond acceptors (Lipinski definition) is 0. The zero-order valence-corrected chi connectivity index (χ0v) is 64.0. The second-order valence-electron chi connectivity index (χ2n) is 29.2. The predicted molar refractivity (Wildman–Crippen MR) is 488 cm³/mol. The lowest BCUT2D eigenvalue weighted by Gasteiger charge is -2.34. The van der Waals surface area contributed by atoms with Gasteiger partial charge in [0.15, 0.2) is 16.1 Å². The highest BCUT2D eigenvalue weighted by atomic mass is 28.3. The maximum atomic E-state index is 9.13. The first-order chi connectivity index (χ1) is 59.9. The van der Waals surface area contributed by atoms with Crippen molar-refractivity contribution in [3.8, 4) is 45.0 Å². The molecule has 4 nitrogen and oxygen atoms in total. The molecule has 22 aromatic rings. The van der Waals surface area contributed by atoms with Crippen LogP contribution in [-0.2, 0) is 0 Å². The smallest absolute Gasteiger partial charge is 0.179 e. The van der Waals surface area contributed by atoms with Gasteiger partial charge in [-0.2, -0.15) is 0 Å². The molecule has 0 spiro atoms. The van der Waals surface area contributed by atoms with Gasteiger partial charge in [-0.3, -0.25) is 0 Å². The minimum absolute atomic E-state index is 0.0485. The monoisotopic (exact) mass is 1490 g/mol. The molecule has 536 valence electrons. The van der Waals surface area contributed by atoms with Gasteiger partial charge in [0.25, 0.3) is 0 Å². The molecule has 18 aromatic carbocycles. The molecule has 4 heterocycles. The van der Waals surface area contributed by atoms with Gasteiger partial charge in [-0.15, -0.1) is 0 Å². The molecule has 0 aliphatic carbocycles. The molecule has 0 radical (unpaired) electrons. The van der Waals surface area contributed by atoms with E-state index in [4.69, 9.17) is 11.0 Å². The number of para-hydroxylation sites is 7. The summed E-state index contributed by atoms with van der Waals surface area (Å²) >= 11 is 0. The standard InChI is InChI=1S/2C54H38N2Si/c1-5-18-41(19-6-1)55-51-30-15-13-28-47(51)49-36-39(32-34-53(49)55)40-33-35-54-50(37-40)48-29-14-16-31-52(48)56(54)42-20-17-27-46(38-42)57(43-21-7-2-8-22-43,44-23-9-3-10-24-44)45-25-11-4-12-26-45;1-4-20-41(21-5-1)57(42-22-6-2-7-23-42,43-24-8-3-9-25-43)44-26-18-19-40(38-44)55-51-32-15-13-30-48(51)49-37-39(35-36-54(49)55)45-27-10-14-31-50(45)56-52-33-16-11-28-46(52)47-29-12-17-34-53(47)56/h2*1-38H/i;11D,12D,16D,17D,28D,29D,33D,34D. The average Bonchev–Trinajstić information content (AvgIpc) is 1.53. The molecule has 22 rings (SSSR count). The Morgan fingerprint density at radius 2 is 0.456 bits per heavy atom. The Balaban J connectivity index is 0.000000151. The van der Waals surface area contributed by atoms with Crippen LogP contribution in [0.4, 0.5) is 0 Å². The summed E-state index contributed by atoms with van der Waals surface area (Å²) in [5, 5.41) is 17.7. The Morgan fingerprint density at radius 1 is 0.175 bits per heavy atom. The fraction of sp³-hybridized carbons (Fsp3) is 0. The lowest BCUT2D eigenvalue weighted by Crippen LogP contribution is -2.74. The van der Waals surface area contributed by atoms with Crippen molar-refractivity contribution >= 4 is 145 Å². The second kappa shape index (κ2) is 28.5. The van der Waals surface area contributed by atoms with E-state index in [0.29, 0.717) is 5.69 Å². The van der Waals surface area contributed by atoms with Crippen molar-refractivity contribution in [1.82, 2.24) is 18.3 Å². The van der Waals surface area contributed by atoms with E-state index in [1.807, 2.05) is 30.3 Å². The minimum Gasteiger partial charge on any atom is -0.309 e. The van der Waals surface area contributed by atoms with E-state index in [0.717, 1.165) is 38.6 Å². The van der Waals surface area contributed by atoms with E-state index >= 15 is 0 Å². The van der Waals surface area contributed by atoms with Gasteiger partial charge in [0.2, 0.25) is 0 Å². The third-order valence-corrected chi connectivity index (χ3v) is 32.7.